The molecule has 798 valence electrons. The molecular weight excluding hydrogens is 1990 g/mol. The van der Waals surface area contributed by atoms with Crippen LogP contribution in [0.25, 0.3) is 0 Å². The molecule has 30 heteroatoms. The number of esters is 9. The van der Waals surface area contributed by atoms with Gasteiger partial charge in [0, 0.05) is 14.5 Å². The molecule has 0 aromatic heterocycles. The number of carbonyl (C=O) groups is 9. The highest BCUT2D eigenvalue weighted by molar-refractivity contribution is 7.96. The van der Waals surface area contributed by atoms with E-state index in [1.54, 1.807) is 0 Å². The maximum atomic E-state index is 14.4. The van der Waals surface area contributed by atoms with Crippen LogP contribution in [0.1, 0.15) is 242 Å². The maximum absolute atomic E-state index is 14.4. The number of halogens is 6. The zero-order valence-electron chi connectivity index (χ0n) is 88.9. The van der Waals surface area contributed by atoms with Gasteiger partial charge in [0.05, 0.1) is 92.5 Å². The third-order valence-electron chi connectivity index (χ3n) is 27.4. The van der Waals surface area contributed by atoms with Crippen molar-refractivity contribution < 1.29 is 169 Å². The molecule has 20 nitrogen and oxygen atoms in total. The molecule has 0 spiro atoms. The van der Waals surface area contributed by atoms with Crippen LogP contribution < -0.4 is 106 Å². The van der Waals surface area contributed by atoms with Gasteiger partial charge in [-0.15, -0.1) is 0 Å². The lowest BCUT2D eigenvalue weighted by molar-refractivity contribution is -0.916. The second-order valence-corrected chi connectivity index (χ2v) is 53.9. The lowest BCUT2D eigenvalue weighted by Crippen LogP contribution is -3.00. The van der Waals surface area contributed by atoms with E-state index < -0.39 is 81.5 Å². The van der Waals surface area contributed by atoms with Crippen molar-refractivity contribution in [1.29, 1.82) is 0 Å². The molecule has 141 heavy (non-hydrogen) atoms. The summed E-state index contributed by atoms with van der Waals surface area (Å²) in [5.74, 6) is -3.17. The quantitative estimate of drug-likeness (QED) is 0.0231. The lowest BCUT2D eigenvalue weighted by atomic mass is 9.91. The number of carbonyl (C=O) groups excluding carboxylic acids is 9. The highest BCUT2D eigenvalue weighted by Crippen LogP contribution is 2.62. The van der Waals surface area contributed by atoms with Gasteiger partial charge in [-0.25, -0.2) is 28.8 Å². The summed E-state index contributed by atoms with van der Waals surface area (Å²) in [7, 11) is -8.12. The second-order valence-electron chi connectivity index (χ2n) is 38.2. The Labute approximate surface area is 889 Å². The summed E-state index contributed by atoms with van der Waals surface area (Å²) < 4.78 is 53.6. The van der Waals surface area contributed by atoms with Crippen LogP contribution in [0.3, 0.4) is 0 Å². The zero-order chi connectivity index (χ0) is 100. The molecule has 0 amide bonds. The molecule has 3 atom stereocenters. The molecule has 0 aliphatic carbocycles. The number of ether oxygens (including phenoxy) is 9. The maximum Gasteiger partial charge on any atom is 0.362 e. The van der Waals surface area contributed by atoms with Gasteiger partial charge in [0.1, 0.15) is 86.0 Å². The highest BCUT2D eigenvalue weighted by Gasteiger charge is 2.51. The van der Waals surface area contributed by atoms with Gasteiger partial charge in [-0.05, 0) is 214 Å². The van der Waals surface area contributed by atoms with E-state index in [0.717, 1.165) is 185 Å². The number of likely N-dealkylation sites (N-methyl/N-ethyl adjacent to an activating group) is 2. The summed E-state index contributed by atoms with van der Waals surface area (Å²) in [6.45, 7) is 46.8. The van der Waals surface area contributed by atoms with Crippen LogP contribution in [0.15, 0.2) is 182 Å². The summed E-state index contributed by atoms with van der Waals surface area (Å²) in [4.78, 5) is 119. The van der Waals surface area contributed by atoms with Crippen LogP contribution >= 0.6 is 29.0 Å². The van der Waals surface area contributed by atoms with Crippen molar-refractivity contribution >= 4 is 115 Å². The van der Waals surface area contributed by atoms with Gasteiger partial charge >= 0.3 is 53.7 Å². The van der Waals surface area contributed by atoms with Gasteiger partial charge in [-0.1, -0.05) is 210 Å². The fourth-order valence-corrected chi connectivity index (χ4v) is 33.8. The summed E-state index contributed by atoms with van der Waals surface area (Å²) in [5, 5.41) is 6.22. The number of nitrogens with zero attached hydrogens (tertiary/aromatic N) is 2. The molecule has 0 saturated carbocycles. The molecule has 6 rings (SSSR count). The van der Waals surface area contributed by atoms with E-state index in [1.165, 1.54) is 0 Å². The first-order chi connectivity index (χ1) is 64.5. The van der Waals surface area contributed by atoms with Crippen LogP contribution in [0, 0.1) is 16.2 Å². The summed E-state index contributed by atoms with van der Waals surface area (Å²) in [6.07, 6.45) is 20.6. The highest BCUT2D eigenvalue weighted by atomic mass is 35.5. The first kappa shape index (κ1) is 139. The fraction of sp³-hybridized carbons (Fsp3) is 0.595. The van der Waals surface area contributed by atoms with Gasteiger partial charge in [-0.3, -0.25) is 14.4 Å². The third-order valence-corrected chi connectivity index (χ3v) is 45.4. The number of unbranched alkanes of at least 4 members (excludes halogenated alkanes) is 6. The molecule has 6 aromatic carbocycles. The third kappa shape index (κ3) is 46.1. The van der Waals surface area contributed by atoms with Gasteiger partial charge in [0.15, 0.2) is 56.0 Å². The Kier molecular flexibility index (Phi) is 72.1. The number of hydrogen-bond donors (Lipinski definition) is 0. The standard InChI is InChI=1S/C49H50O6P2.C37H74O6P2.C25H50N2O6.6ClH/c1-4-49(2,3)48(52)54-36-39(55-47(51)38-57(43-29-17-8-18-30-43,44-31-19-9-20-32-44)45-33-21-10-22-34-45)35-53-46(50)37-56(40-23-11-5-12-24-40,41-25-13-6-14-26-41)42-27-15-7-16-28-42;1-10-17-23-44(24-18-11-2,25-19-12-3)31-34(38)41-29-33(30-42-36(40)37(8,9)16-7)43-35(39)32-45(26-20-13-4,27-21-14-5)28-22-15-6;1-10-25(8,9)24(30)32-20-21(33-23(29)18-27(14-5,15-6)16-7)19-31-22(28)17-26(11-2,12-3)13-4;;;;;;/h5-34,39H,4,35-38H2,1-3H3;33H,10-32H2,1-9H3;21H,10-20H2,1-9H3;6*1H/q3*+2;;;;;;/p-6. The van der Waals surface area contributed by atoms with E-state index in [2.05, 4.69) is 135 Å². The van der Waals surface area contributed by atoms with Crippen LogP contribution in [0.4, 0.5) is 0 Å². The van der Waals surface area contributed by atoms with Gasteiger partial charge in [0.25, 0.3) is 0 Å². The predicted octanol–water partition coefficient (Wildman–Crippen LogP) is 2.86. The number of rotatable bonds is 63. The molecule has 0 saturated heterocycles. The van der Waals surface area contributed by atoms with Crippen molar-refractivity contribution in [2.24, 2.45) is 16.2 Å². The van der Waals surface area contributed by atoms with Crippen LogP contribution in [-0.2, 0) is 85.8 Å². The van der Waals surface area contributed by atoms with E-state index in [1.807, 2.05) is 192 Å². The van der Waals surface area contributed by atoms with Crippen LogP contribution in [-0.4, -0.2) is 235 Å². The molecule has 3 unspecified atom stereocenters. The van der Waals surface area contributed by atoms with E-state index in [-0.39, 0.29) is 175 Å². The van der Waals surface area contributed by atoms with E-state index in [4.69, 9.17) is 42.6 Å². The smallest absolute Gasteiger partial charge is 0.362 e. The Morgan fingerprint density at radius 2 is 0.433 bits per heavy atom. The molecule has 0 fully saturated rings. The van der Waals surface area contributed by atoms with Gasteiger partial charge in [0.2, 0.25) is 0 Å². The topological polar surface area (TPSA) is 237 Å². The average molecular weight is 2160 g/mol. The molecular formula is C111H174Cl6N2O18P4. The van der Waals surface area contributed by atoms with Gasteiger partial charge < -0.3 is 126 Å². The van der Waals surface area contributed by atoms with Crippen molar-refractivity contribution in [3.8, 4) is 0 Å². The fourth-order valence-electron chi connectivity index (χ4n) is 16.4. The lowest BCUT2D eigenvalue weighted by Gasteiger charge is -2.35. The molecule has 0 heterocycles. The Morgan fingerprint density at radius 3 is 0.652 bits per heavy atom. The molecule has 6 aromatic rings. The number of quaternary nitrogens is 2. The summed E-state index contributed by atoms with van der Waals surface area (Å²) in [5.41, 5.74) is -2.01. The van der Waals surface area contributed by atoms with E-state index in [0.29, 0.717) is 40.6 Å². The molecule has 0 radical (unpaired) electrons. The van der Waals surface area contributed by atoms with Crippen LogP contribution in [0.5, 0.6) is 0 Å². The van der Waals surface area contributed by atoms with E-state index >= 15 is 0 Å². The summed E-state index contributed by atoms with van der Waals surface area (Å²) in [6, 6.07) is 60.5. The predicted molar refractivity (Wildman–Crippen MR) is 563 cm³/mol. The van der Waals surface area contributed by atoms with Gasteiger partial charge in [-0.2, -0.15) is 0 Å². The largest absolute Gasteiger partial charge is 1.00 e. The molecule has 0 N–H and O–H groups in total. The normalized spacial score (nSPS) is 12.2. The van der Waals surface area contributed by atoms with Crippen molar-refractivity contribution in [3.05, 3.63) is 182 Å². The van der Waals surface area contributed by atoms with Crippen molar-refractivity contribution in [2.45, 2.75) is 260 Å². The minimum atomic E-state index is -2.59. The Hall–Kier alpha value is -6.07. The first-order valence-corrected chi connectivity index (χ1v) is 59.6. The average Bonchev–Trinajstić information content (AvgIpc) is 0.757. The first-order valence-electron chi connectivity index (χ1n) is 50.6. The molecule has 0 bridgehead atoms. The van der Waals surface area contributed by atoms with Crippen LogP contribution in [0.2, 0.25) is 0 Å². The number of hydrogen-bond acceptors (Lipinski definition) is 18. The number of benzene rings is 6. The Bertz CT molecular complexity index is 4160. The molecule has 0 aliphatic heterocycles. The van der Waals surface area contributed by atoms with Crippen molar-refractivity contribution in [1.82, 2.24) is 0 Å². The zero-order valence-corrected chi connectivity index (χ0v) is 97.0. The van der Waals surface area contributed by atoms with E-state index in [9.17, 15) is 43.2 Å². The minimum absolute atomic E-state index is 0. The molecule has 0 aliphatic rings. The second kappa shape index (κ2) is 73.1. The van der Waals surface area contributed by atoms with Crippen molar-refractivity contribution in [2.75, 3.05) is 154 Å². The monoisotopic (exact) mass is 2160 g/mol. The Balaban J connectivity index is -0.00000206. The minimum Gasteiger partial charge on any atom is -1.00 e. The van der Waals surface area contributed by atoms with Crippen molar-refractivity contribution in [3.63, 3.8) is 0 Å². The summed E-state index contributed by atoms with van der Waals surface area (Å²) >= 11 is 0. The SMILES string of the molecule is CCC(C)(C)C(=O)OCC(COC(=O)C[N+](CC)(CC)CC)OC(=O)C[N+](CC)(CC)CC.CCC(C)(C)C(=O)OCC(COC(=O)C[P+](c1ccccc1)(c1ccccc1)c1ccccc1)OC(=O)C[P+](c1ccccc1)(c1ccccc1)c1ccccc1.CCCC[P+](CCCC)(CCCC)CC(=O)OCC(COC(=O)C(C)(C)CC)OC(=O)C[P+](CCCC)(CCCC)CCCC.[Cl-].[Cl-].[Cl-].[Cl-].[Cl-].[Cl-]. The Morgan fingerprint density at radius 1 is 0.248 bits per heavy atom.